The first kappa shape index (κ1) is 20.7. The van der Waals surface area contributed by atoms with Gasteiger partial charge in [-0.2, -0.15) is 0 Å². The van der Waals surface area contributed by atoms with Crippen LogP contribution in [-0.4, -0.2) is 45.3 Å². The van der Waals surface area contributed by atoms with Crippen LogP contribution in [0.5, 0.6) is 0 Å². The molecular formula is C20H20BrFN4OS. The van der Waals surface area contributed by atoms with Gasteiger partial charge in [0.1, 0.15) is 5.82 Å². The van der Waals surface area contributed by atoms with Gasteiger partial charge in [-0.3, -0.25) is 14.3 Å². The van der Waals surface area contributed by atoms with Crippen molar-refractivity contribution in [2.75, 3.05) is 19.8 Å². The number of aromatic nitrogens is 3. The minimum atomic E-state index is -0.307. The third kappa shape index (κ3) is 4.68. The molecule has 0 bridgehead atoms. The second kappa shape index (κ2) is 8.98. The van der Waals surface area contributed by atoms with Crippen molar-refractivity contribution in [3.8, 4) is 5.69 Å². The third-order valence-electron chi connectivity index (χ3n) is 4.37. The zero-order valence-electron chi connectivity index (χ0n) is 15.8. The Morgan fingerprint density at radius 1 is 1.21 bits per heavy atom. The van der Waals surface area contributed by atoms with Crippen LogP contribution in [0.1, 0.15) is 29.1 Å². The van der Waals surface area contributed by atoms with E-state index in [1.54, 1.807) is 24.3 Å². The van der Waals surface area contributed by atoms with Crippen LogP contribution in [0.4, 0.5) is 4.39 Å². The lowest BCUT2D eigenvalue weighted by molar-refractivity contribution is 0.102. The number of hydrogen-bond donors (Lipinski definition) is 0. The van der Waals surface area contributed by atoms with Gasteiger partial charge in [0.2, 0.25) is 0 Å². The van der Waals surface area contributed by atoms with E-state index in [0.717, 1.165) is 16.0 Å². The molecule has 1 atom stereocenters. The van der Waals surface area contributed by atoms with E-state index in [9.17, 15) is 9.18 Å². The predicted molar refractivity (Wildman–Crippen MR) is 113 cm³/mol. The summed E-state index contributed by atoms with van der Waals surface area (Å²) in [6.45, 7) is 2.02. The summed E-state index contributed by atoms with van der Waals surface area (Å²) in [6, 6.07) is 13.5. The molecule has 5 nitrogen and oxygen atoms in total. The van der Waals surface area contributed by atoms with Crippen LogP contribution in [0.2, 0.25) is 0 Å². The van der Waals surface area contributed by atoms with E-state index < -0.39 is 0 Å². The summed E-state index contributed by atoms with van der Waals surface area (Å²) in [4.78, 5) is 14.6. The molecule has 1 heterocycles. The fourth-order valence-electron chi connectivity index (χ4n) is 2.58. The van der Waals surface area contributed by atoms with Gasteiger partial charge in [-0.25, -0.2) is 4.39 Å². The maximum Gasteiger partial charge on any atom is 0.196 e. The average Bonchev–Trinajstić information content (AvgIpc) is 3.09. The lowest BCUT2D eigenvalue weighted by Gasteiger charge is -2.20. The molecule has 0 amide bonds. The average molecular weight is 463 g/mol. The number of thioether (sulfide) groups is 1. The summed E-state index contributed by atoms with van der Waals surface area (Å²) in [5.41, 5.74) is 1.39. The maximum absolute atomic E-state index is 13.4. The Morgan fingerprint density at radius 2 is 1.93 bits per heavy atom. The number of hydrogen-bond acceptors (Lipinski definition) is 5. The first-order valence-corrected chi connectivity index (χ1v) is 10.4. The number of Topliss-reactive ketones (excluding diaryl/α,β-unsaturated/α-hetero) is 1. The highest BCUT2D eigenvalue weighted by molar-refractivity contribution is 9.10. The second-order valence-electron chi connectivity index (χ2n) is 6.51. The Bertz CT molecular complexity index is 975. The minimum absolute atomic E-state index is 0.00200. The van der Waals surface area contributed by atoms with Crippen molar-refractivity contribution in [1.29, 1.82) is 0 Å². The van der Waals surface area contributed by atoms with Crippen LogP contribution in [0.15, 0.2) is 58.2 Å². The number of rotatable bonds is 7. The maximum atomic E-state index is 13.4. The number of benzene rings is 2. The lowest BCUT2D eigenvalue weighted by atomic mass is 10.2. The SMILES string of the molecule is CC(c1nnc(SCC(=O)c2cccc(Br)c2)n1-c1ccc(F)cc1)N(C)C. The third-order valence-corrected chi connectivity index (χ3v) is 5.79. The molecule has 0 fully saturated rings. The zero-order valence-corrected chi connectivity index (χ0v) is 18.2. The molecule has 2 aromatic carbocycles. The summed E-state index contributed by atoms with van der Waals surface area (Å²) >= 11 is 4.70. The van der Waals surface area contributed by atoms with E-state index in [-0.39, 0.29) is 23.4 Å². The van der Waals surface area contributed by atoms with Gasteiger partial charge in [0.15, 0.2) is 16.8 Å². The molecule has 0 aliphatic rings. The Kier molecular flexibility index (Phi) is 6.64. The molecule has 0 saturated heterocycles. The largest absolute Gasteiger partial charge is 0.300 e. The van der Waals surface area contributed by atoms with E-state index in [0.29, 0.717) is 10.7 Å². The molecule has 8 heteroatoms. The van der Waals surface area contributed by atoms with Crippen molar-refractivity contribution in [2.24, 2.45) is 0 Å². The van der Waals surface area contributed by atoms with Gasteiger partial charge in [0, 0.05) is 15.7 Å². The lowest BCUT2D eigenvalue weighted by Crippen LogP contribution is -2.20. The van der Waals surface area contributed by atoms with Crippen molar-refractivity contribution in [1.82, 2.24) is 19.7 Å². The first-order valence-electron chi connectivity index (χ1n) is 8.66. The summed E-state index contributed by atoms with van der Waals surface area (Å²) in [6.07, 6.45) is 0. The van der Waals surface area contributed by atoms with E-state index in [4.69, 9.17) is 0 Å². The van der Waals surface area contributed by atoms with Crippen molar-refractivity contribution in [2.45, 2.75) is 18.1 Å². The fourth-order valence-corrected chi connectivity index (χ4v) is 3.84. The molecule has 0 N–H and O–H groups in total. The monoisotopic (exact) mass is 462 g/mol. The highest BCUT2D eigenvalue weighted by atomic mass is 79.9. The van der Waals surface area contributed by atoms with Crippen molar-refractivity contribution in [3.63, 3.8) is 0 Å². The molecule has 0 radical (unpaired) electrons. The Hall–Kier alpha value is -2.03. The van der Waals surface area contributed by atoms with Crippen molar-refractivity contribution in [3.05, 3.63) is 70.2 Å². The summed E-state index contributed by atoms with van der Waals surface area (Å²) in [5.74, 6) is 0.654. The normalized spacial score (nSPS) is 12.4. The number of ketones is 1. The van der Waals surface area contributed by atoms with Crippen LogP contribution in [0, 0.1) is 5.82 Å². The highest BCUT2D eigenvalue weighted by Gasteiger charge is 2.21. The standard InChI is InChI=1S/C20H20BrFN4OS/c1-13(25(2)3)19-23-24-20(26(19)17-9-7-16(22)8-10-17)28-12-18(27)14-5-4-6-15(21)11-14/h4-11,13H,12H2,1-3H3. The minimum Gasteiger partial charge on any atom is -0.300 e. The molecule has 146 valence electrons. The molecule has 0 aliphatic heterocycles. The number of halogens is 2. The van der Waals surface area contributed by atoms with E-state index in [1.165, 1.54) is 23.9 Å². The van der Waals surface area contributed by atoms with Gasteiger partial charge in [-0.1, -0.05) is 39.8 Å². The van der Waals surface area contributed by atoms with Crippen LogP contribution in [0.3, 0.4) is 0 Å². The summed E-state index contributed by atoms with van der Waals surface area (Å²) in [5, 5.41) is 9.23. The van der Waals surface area contributed by atoms with E-state index in [2.05, 4.69) is 26.1 Å². The van der Waals surface area contributed by atoms with E-state index >= 15 is 0 Å². The summed E-state index contributed by atoms with van der Waals surface area (Å²) < 4.78 is 16.1. The fraction of sp³-hybridized carbons (Fsp3) is 0.250. The molecule has 0 aliphatic carbocycles. The van der Waals surface area contributed by atoms with Crippen LogP contribution in [-0.2, 0) is 0 Å². The summed E-state index contributed by atoms with van der Waals surface area (Å²) in [7, 11) is 3.91. The molecule has 0 saturated carbocycles. The molecular weight excluding hydrogens is 443 g/mol. The smallest absolute Gasteiger partial charge is 0.196 e. The van der Waals surface area contributed by atoms with E-state index in [1.807, 2.05) is 42.6 Å². The van der Waals surface area contributed by atoms with Crippen LogP contribution >= 0.6 is 27.7 Å². The molecule has 28 heavy (non-hydrogen) atoms. The van der Waals surface area contributed by atoms with Crippen LogP contribution in [0.25, 0.3) is 5.69 Å². The predicted octanol–water partition coefficient (Wildman–Crippen LogP) is 4.77. The van der Waals surface area contributed by atoms with Crippen LogP contribution < -0.4 is 0 Å². The second-order valence-corrected chi connectivity index (χ2v) is 8.37. The molecule has 3 aromatic rings. The van der Waals surface area contributed by atoms with Gasteiger partial charge in [-0.15, -0.1) is 10.2 Å². The molecule has 1 unspecified atom stereocenters. The molecule has 3 rings (SSSR count). The Morgan fingerprint density at radius 3 is 2.57 bits per heavy atom. The molecule has 1 aromatic heterocycles. The van der Waals surface area contributed by atoms with Crippen molar-refractivity contribution < 1.29 is 9.18 Å². The number of nitrogens with zero attached hydrogens (tertiary/aromatic N) is 4. The van der Waals surface area contributed by atoms with Gasteiger partial charge in [0.25, 0.3) is 0 Å². The molecule has 0 spiro atoms. The van der Waals surface area contributed by atoms with Gasteiger partial charge in [-0.05, 0) is 57.4 Å². The van der Waals surface area contributed by atoms with Gasteiger partial charge < -0.3 is 0 Å². The highest BCUT2D eigenvalue weighted by Crippen LogP contribution is 2.27. The quantitative estimate of drug-likeness (QED) is 0.374. The Balaban J connectivity index is 1.90. The Labute approximate surface area is 176 Å². The zero-order chi connectivity index (χ0) is 20.3. The topological polar surface area (TPSA) is 51.0 Å². The number of carbonyl (C=O) groups is 1. The van der Waals surface area contributed by atoms with Gasteiger partial charge >= 0.3 is 0 Å². The number of carbonyl (C=O) groups excluding carboxylic acids is 1. The first-order chi connectivity index (χ1) is 13.4. The van der Waals surface area contributed by atoms with Crippen molar-refractivity contribution >= 4 is 33.5 Å². The van der Waals surface area contributed by atoms with Gasteiger partial charge in [0.05, 0.1) is 11.8 Å².